The predicted octanol–water partition coefficient (Wildman–Crippen LogP) is 2.44. The lowest BCUT2D eigenvalue weighted by Crippen LogP contribution is -2.26. The van der Waals surface area contributed by atoms with Gasteiger partial charge in [-0.15, -0.1) is 11.3 Å². The number of anilines is 1. The van der Waals surface area contributed by atoms with Crippen molar-refractivity contribution in [2.24, 2.45) is 0 Å². The van der Waals surface area contributed by atoms with Crippen molar-refractivity contribution < 1.29 is 13.6 Å². The van der Waals surface area contributed by atoms with Gasteiger partial charge in [0.25, 0.3) is 5.91 Å². The first-order valence-corrected chi connectivity index (χ1v) is 6.88. The second-order valence-corrected chi connectivity index (χ2v) is 4.77. The van der Waals surface area contributed by atoms with Gasteiger partial charge < -0.3 is 10.6 Å². The molecule has 0 unspecified atom stereocenters. The van der Waals surface area contributed by atoms with Gasteiger partial charge in [0, 0.05) is 31.0 Å². The lowest BCUT2D eigenvalue weighted by molar-refractivity contribution is 0.0953. The third-order valence-electron chi connectivity index (χ3n) is 2.70. The molecule has 0 saturated heterocycles. The maximum atomic E-state index is 13.5. The highest BCUT2D eigenvalue weighted by molar-refractivity contribution is 7.07. The van der Waals surface area contributed by atoms with Crippen LogP contribution in [0.1, 0.15) is 16.1 Å². The standard InChI is InChI=1S/C13H13F2N3OS/c1-16-12-10(14)4-8(5-11(12)15)13(19)17-3-2-9-6-20-7-18-9/h4-7,16H,2-3H2,1H3,(H,17,19). The van der Waals surface area contributed by atoms with Crippen LogP contribution in [0.5, 0.6) is 0 Å². The summed E-state index contributed by atoms with van der Waals surface area (Å²) < 4.78 is 27.1. The van der Waals surface area contributed by atoms with E-state index in [1.165, 1.54) is 18.4 Å². The van der Waals surface area contributed by atoms with E-state index in [2.05, 4.69) is 15.6 Å². The Morgan fingerprint density at radius 1 is 1.35 bits per heavy atom. The molecule has 1 aromatic carbocycles. The fourth-order valence-electron chi connectivity index (χ4n) is 1.71. The maximum Gasteiger partial charge on any atom is 0.251 e. The van der Waals surface area contributed by atoms with E-state index in [0.29, 0.717) is 13.0 Å². The van der Waals surface area contributed by atoms with Crippen molar-refractivity contribution in [3.63, 3.8) is 0 Å². The average Bonchev–Trinajstić information content (AvgIpc) is 2.91. The van der Waals surface area contributed by atoms with Gasteiger partial charge >= 0.3 is 0 Å². The summed E-state index contributed by atoms with van der Waals surface area (Å²) in [5, 5.41) is 6.89. The molecule has 0 atom stereocenters. The van der Waals surface area contributed by atoms with Gasteiger partial charge in [-0.3, -0.25) is 4.79 Å². The normalized spacial score (nSPS) is 10.3. The van der Waals surface area contributed by atoms with Crippen LogP contribution in [0.3, 0.4) is 0 Å². The summed E-state index contributed by atoms with van der Waals surface area (Å²) in [6, 6.07) is 2.01. The van der Waals surface area contributed by atoms with Crippen LogP contribution >= 0.6 is 11.3 Å². The molecule has 0 aliphatic carbocycles. The van der Waals surface area contributed by atoms with Gasteiger partial charge in [-0.05, 0) is 12.1 Å². The summed E-state index contributed by atoms with van der Waals surface area (Å²) in [5.74, 6) is -2.10. The molecule has 0 aliphatic heterocycles. The van der Waals surface area contributed by atoms with E-state index in [9.17, 15) is 13.6 Å². The summed E-state index contributed by atoms with van der Waals surface area (Å²) in [7, 11) is 1.41. The number of rotatable bonds is 5. The molecule has 0 radical (unpaired) electrons. The van der Waals surface area contributed by atoms with Crippen molar-refractivity contribution in [2.45, 2.75) is 6.42 Å². The van der Waals surface area contributed by atoms with Crippen molar-refractivity contribution in [1.82, 2.24) is 10.3 Å². The van der Waals surface area contributed by atoms with Crippen LogP contribution in [0.15, 0.2) is 23.0 Å². The van der Waals surface area contributed by atoms with E-state index in [1.807, 2.05) is 5.38 Å². The monoisotopic (exact) mass is 297 g/mol. The van der Waals surface area contributed by atoms with Crippen LogP contribution in [-0.4, -0.2) is 24.5 Å². The Balaban J connectivity index is 1.99. The van der Waals surface area contributed by atoms with Crippen molar-refractivity contribution >= 4 is 22.9 Å². The van der Waals surface area contributed by atoms with Gasteiger partial charge in [-0.1, -0.05) is 0 Å². The molecule has 1 heterocycles. The highest BCUT2D eigenvalue weighted by Crippen LogP contribution is 2.20. The third-order valence-corrected chi connectivity index (χ3v) is 3.34. The summed E-state index contributed by atoms with van der Waals surface area (Å²) >= 11 is 1.47. The molecule has 2 rings (SSSR count). The largest absolute Gasteiger partial charge is 0.383 e. The Labute approximate surface area is 118 Å². The first-order valence-electron chi connectivity index (χ1n) is 5.94. The van der Waals surface area contributed by atoms with Crippen LogP contribution in [0, 0.1) is 11.6 Å². The summed E-state index contributed by atoms with van der Waals surface area (Å²) in [6.45, 7) is 0.361. The molecular weight excluding hydrogens is 284 g/mol. The molecule has 106 valence electrons. The first-order chi connectivity index (χ1) is 9.61. The Morgan fingerprint density at radius 2 is 2.05 bits per heavy atom. The van der Waals surface area contributed by atoms with Crippen LogP contribution in [0.4, 0.5) is 14.5 Å². The zero-order chi connectivity index (χ0) is 14.5. The second-order valence-electron chi connectivity index (χ2n) is 4.05. The van der Waals surface area contributed by atoms with E-state index >= 15 is 0 Å². The Bertz CT molecular complexity index is 579. The number of nitrogens with zero attached hydrogens (tertiary/aromatic N) is 1. The smallest absolute Gasteiger partial charge is 0.251 e. The Kier molecular flexibility index (Phi) is 4.62. The van der Waals surface area contributed by atoms with Crippen LogP contribution in [0.2, 0.25) is 0 Å². The minimum Gasteiger partial charge on any atom is -0.383 e. The molecule has 0 aliphatic rings. The molecule has 20 heavy (non-hydrogen) atoms. The van der Waals surface area contributed by atoms with Crippen molar-refractivity contribution in [2.75, 3.05) is 18.9 Å². The van der Waals surface area contributed by atoms with Gasteiger partial charge in [0.05, 0.1) is 11.2 Å². The minimum absolute atomic E-state index is 0.0442. The van der Waals surface area contributed by atoms with Gasteiger partial charge in [0.15, 0.2) is 0 Å². The topological polar surface area (TPSA) is 54.0 Å². The second kappa shape index (κ2) is 6.42. The zero-order valence-electron chi connectivity index (χ0n) is 10.7. The minimum atomic E-state index is -0.794. The Hall–Kier alpha value is -2.02. The highest BCUT2D eigenvalue weighted by atomic mass is 32.1. The molecule has 2 aromatic rings. The van der Waals surface area contributed by atoms with Gasteiger partial charge in [0.1, 0.15) is 17.3 Å². The van der Waals surface area contributed by atoms with Gasteiger partial charge in [-0.25, -0.2) is 13.8 Å². The molecule has 7 heteroatoms. The highest BCUT2D eigenvalue weighted by Gasteiger charge is 2.14. The van der Waals surface area contributed by atoms with E-state index in [4.69, 9.17) is 0 Å². The van der Waals surface area contributed by atoms with E-state index in [0.717, 1.165) is 17.8 Å². The lowest BCUT2D eigenvalue weighted by atomic mass is 10.1. The van der Waals surface area contributed by atoms with E-state index in [-0.39, 0.29) is 11.3 Å². The number of hydrogen-bond acceptors (Lipinski definition) is 4. The fraction of sp³-hybridized carbons (Fsp3) is 0.231. The quantitative estimate of drug-likeness (QED) is 0.891. The lowest BCUT2D eigenvalue weighted by Gasteiger charge is -2.08. The van der Waals surface area contributed by atoms with Crippen molar-refractivity contribution in [3.05, 3.63) is 45.9 Å². The number of halogens is 2. The van der Waals surface area contributed by atoms with Crippen molar-refractivity contribution in [1.29, 1.82) is 0 Å². The molecule has 0 spiro atoms. The number of aromatic nitrogens is 1. The number of benzene rings is 1. The molecule has 4 nitrogen and oxygen atoms in total. The van der Waals surface area contributed by atoms with E-state index < -0.39 is 17.5 Å². The molecule has 0 fully saturated rings. The number of amides is 1. The fourth-order valence-corrected chi connectivity index (χ4v) is 2.30. The number of carbonyl (C=O) groups excluding carboxylic acids is 1. The first kappa shape index (κ1) is 14.4. The summed E-state index contributed by atoms with van der Waals surface area (Å²) in [4.78, 5) is 15.9. The number of nitrogens with one attached hydrogen (secondary N) is 2. The molecular formula is C13H13F2N3OS. The maximum absolute atomic E-state index is 13.5. The predicted molar refractivity (Wildman–Crippen MR) is 74.1 cm³/mol. The summed E-state index contributed by atoms with van der Waals surface area (Å²) in [6.07, 6.45) is 0.578. The van der Waals surface area contributed by atoms with Crippen LogP contribution < -0.4 is 10.6 Å². The molecule has 1 amide bonds. The number of thiazole rings is 1. The van der Waals surface area contributed by atoms with Gasteiger partial charge in [0.2, 0.25) is 0 Å². The molecule has 0 saturated carbocycles. The zero-order valence-corrected chi connectivity index (χ0v) is 11.6. The Morgan fingerprint density at radius 3 is 2.60 bits per heavy atom. The average molecular weight is 297 g/mol. The number of hydrogen-bond donors (Lipinski definition) is 2. The van der Waals surface area contributed by atoms with E-state index in [1.54, 1.807) is 5.51 Å². The molecule has 2 N–H and O–H groups in total. The van der Waals surface area contributed by atoms with Crippen LogP contribution in [0.25, 0.3) is 0 Å². The molecule has 0 bridgehead atoms. The number of carbonyl (C=O) groups is 1. The molecule has 1 aromatic heterocycles. The summed E-state index contributed by atoms with van der Waals surface area (Å²) in [5.41, 5.74) is 2.29. The third kappa shape index (κ3) is 3.30. The van der Waals surface area contributed by atoms with Gasteiger partial charge in [-0.2, -0.15) is 0 Å². The SMILES string of the molecule is CNc1c(F)cc(C(=O)NCCc2cscn2)cc1F. The van der Waals surface area contributed by atoms with Crippen LogP contribution in [-0.2, 0) is 6.42 Å². The van der Waals surface area contributed by atoms with Crippen molar-refractivity contribution in [3.8, 4) is 0 Å².